The third-order valence-corrected chi connectivity index (χ3v) is 1.61. The van der Waals surface area contributed by atoms with Gasteiger partial charge in [0.15, 0.2) is 0 Å². The summed E-state index contributed by atoms with van der Waals surface area (Å²) < 4.78 is 0. The molecule has 0 amide bonds. The van der Waals surface area contributed by atoms with E-state index in [1.165, 1.54) is 5.56 Å². The molecule has 0 aliphatic carbocycles. The smallest absolute Gasteiger partial charge is 0.0538 e. The first-order valence-corrected chi connectivity index (χ1v) is 3.69. The van der Waals surface area contributed by atoms with Crippen molar-refractivity contribution in [2.75, 3.05) is 0 Å². The minimum atomic E-state index is 1.05. The molecular formula is C9H12N2. The molecule has 2 N–H and O–H groups in total. The maximum Gasteiger partial charge on any atom is 0.0538 e. The molecule has 0 aliphatic rings. The lowest BCUT2D eigenvalue weighted by Crippen LogP contribution is -1.86. The monoisotopic (exact) mass is 148 g/mol. The van der Waals surface area contributed by atoms with Crippen LogP contribution in [0.25, 0.3) is 0 Å². The van der Waals surface area contributed by atoms with Crippen LogP contribution in [0.1, 0.15) is 18.1 Å². The van der Waals surface area contributed by atoms with E-state index < -0.39 is 0 Å². The summed E-state index contributed by atoms with van der Waals surface area (Å²) in [6, 6.07) is 8.18. The van der Waals surface area contributed by atoms with Crippen LogP contribution in [0.2, 0.25) is 0 Å². The second-order valence-corrected chi connectivity index (χ2v) is 2.37. The fourth-order valence-electron chi connectivity index (χ4n) is 0.925. The van der Waals surface area contributed by atoms with Gasteiger partial charge in [0.2, 0.25) is 0 Å². The molecule has 0 aromatic heterocycles. The highest BCUT2D eigenvalue weighted by Crippen LogP contribution is 2.02. The average Bonchev–Trinajstić information content (AvgIpc) is 2.07. The molecule has 0 bridgehead atoms. The lowest BCUT2D eigenvalue weighted by molar-refractivity contribution is 1.14. The summed E-state index contributed by atoms with van der Waals surface area (Å²) in [5.74, 6) is 5.00. The van der Waals surface area contributed by atoms with Gasteiger partial charge in [-0.1, -0.05) is 31.2 Å². The fourth-order valence-corrected chi connectivity index (χ4v) is 0.925. The van der Waals surface area contributed by atoms with Gasteiger partial charge in [0.25, 0.3) is 0 Å². The molecule has 0 unspecified atom stereocenters. The second-order valence-electron chi connectivity index (χ2n) is 2.37. The van der Waals surface area contributed by atoms with Crippen molar-refractivity contribution < 1.29 is 0 Å². The minimum Gasteiger partial charge on any atom is -0.323 e. The molecule has 0 saturated carbocycles. The van der Waals surface area contributed by atoms with Gasteiger partial charge >= 0.3 is 0 Å². The van der Waals surface area contributed by atoms with E-state index >= 15 is 0 Å². The summed E-state index contributed by atoms with van der Waals surface area (Å²) in [5, 5.41) is 3.44. The summed E-state index contributed by atoms with van der Waals surface area (Å²) >= 11 is 0. The average molecular weight is 148 g/mol. The van der Waals surface area contributed by atoms with E-state index in [-0.39, 0.29) is 0 Å². The Balaban J connectivity index is 2.82. The quantitative estimate of drug-likeness (QED) is 0.385. The molecular weight excluding hydrogens is 136 g/mol. The summed E-state index contributed by atoms with van der Waals surface area (Å²) in [7, 11) is 0. The van der Waals surface area contributed by atoms with E-state index in [1.54, 1.807) is 6.21 Å². The zero-order valence-electron chi connectivity index (χ0n) is 6.62. The first-order valence-electron chi connectivity index (χ1n) is 3.69. The van der Waals surface area contributed by atoms with E-state index in [1.807, 2.05) is 12.1 Å². The van der Waals surface area contributed by atoms with E-state index in [0.717, 1.165) is 12.0 Å². The van der Waals surface area contributed by atoms with Crippen molar-refractivity contribution in [2.24, 2.45) is 10.9 Å². The van der Waals surface area contributed by atoms with E-state index in [2.05, 4.69) is 24.2 Å². The number of hydrogen-bond acceptors (Lipinski definition) is 2. The molecule has 1 aromatic rings. The zero-order chi connectivity index (χ0) is 8.10. The molecule has 1 rings (SSSR count). The van der Waals surface area contributed by atoms with Crippen molar-refractivity contribution in [3.63, 3.8) is 0 Å². The molecule has 2 nitrogen and oxygen atoms in total. The van der Waals surface area contributed by atoms with Crippen LogP contribution in [0.4, 0.5) is 0 Å². The highest BCUT2D eigenvalue weighted by molar-refractivity contribution is 5.79. The van der Waals surface area contributed by atoms with Crippen molar-refractivity contribution in [1.29, 1.82) is 0 Å². The third kappa shape index (κ3) is 2.08. The highest BCUT2D eigenvalue weighted by Gasteiger charge is 1.88. The number of nitrogens with zero attached hydrogens (tertiary/aromatic N) is 1. The summed E-state index contributed by atoms with van der Waals surface area (Å²) in [4.78, 5) is 0. The minimum absolute atomic E-state index is 1.05. The van der Waals surface area contributed by atoms with Crippen LogP contribution in [0.5, 0.6) is 0 Å². The van der Waals surface area contributed by atoms with Gasteiger partial charge in [-0.05, 0) is 17.5 Å². The maximum absolute atomic E-state index is 5.00. The molecule has 0 aliphatic heterocycles. The van der Waals surface area contributed by atoms with E-state index in [9.17, 15) is 0 Å². The van der Waals surface area contributed by atoms with Gasteiger partial charge in [-0.15, -0.1) is 0 Å². The molecule has 0 heterocycles. The number of hydrazone groups is 1. The van der Waals surface area contributed by atoms with Crippen molar-refractivity contribution in [3.8, 4) is 0 Å². The molecule has 0 saturated heterocycles. The highest BCUT2D eigenvalue weighted by atomic mass is 15.1. The van der Waals surface area contributed by atoms with Crippen LogP contribution in [-0.2, 0) is 6.42 Å². The molecule has 11 heavy (non-hydrogen) atoms. The van der Waals surface area contributed by atoms with Crippen LogP contribution in [0.15, 0.2) is 29.4 Å². The third-order valence-electron chi connectivity index (χ3n) is 1.61. The molecule has 0 fully saturated rings. The van der Waals surface area contributed by atoms with Crippen molar-refractivity contribution in [3.05, 3.63) is 35.4 Å². The van der Waals surface area contributed by atoms with Crippen LogP contribution in [-0.4, -0.2) is 6.21 Å². The predicted molar refractivity (Wildman–Crippen MR) is 47.6 cm³/mol. The molecule has 0 radical (unpaired) electrons. The Morgan fingerprint density at radius 2 is 2.00 bits per heavy atom. The van der Waals surface area contributed by atoms with Crippen molar-refractivity contribution in [1.82, 2.24) is 0 Å². The Hall–Kier alpha value is -1.31. The van der Waals surface area contributed by atoms with E-state index in [4.69, 9.17) is 5.84 Å². The number of aryl methyl sites for hydroxylation is 1. The number of rotatable bonds is 2. The first-order chi connectivity index (χ1) is 5.36. The molecule has 58 valence electrons. The number of nitrogens with two attached hydrogens (primary N) is 1. The van der Waals surface area contributed by atoms with Gasteiger partial charge in [0.05, 0.1) is 6.21 Å². The van der Waals surface area contributed by atoms with Crippen LogP contribution in [0.3, 0.4) is 0 Å². The largest absolute Gasteiger partial charge is 0.323 e. The maximum atomic E-state index is 5.00. The van der Waals surface area contributed by atoms with Gasteiger partial charge in [-0.25, -0.2) is 0 Å². The Bertz CT molecular complexity index is 236. The normalized spacial score (nSPS) is 10.6. The van der Waals surface area contributed by atoms with Gasteiger partial charge in [-0.2, -0.15) is 5.10 Å². The van der Waals surface area contributed by atoms with Gasteiger partial charge in [0.1, 0.15) is 0 Å². The van der Waals surface area contributed by atoms with Gasteiger partial charge in [-0.3, -0.25) is 0 Å². The number of hydrogen-bond donors (Lipinski definition) is 1. The molecule has 0 atom stereocenters. The van der Waals surface area contributed by atoms with Crippen molar-refractivity contribution >= 4 is 6.21 Å². The summed E-state index contributed by atoms with van der Waals surface area (Å²) in [6.45, 7) is 2.13. The topological polar surface area (TPSA) is 38.4 Å². The molecule has 1 aromatic carbocycles. The molecule has 0 spiro atoms. The van der Waals surface area contributed by atoms with Gasteiger partial charge in [0, 0.05) is 0 Å². The molecule has 2 heteroatoms. The Labute approximate surface area is 66.7 Å². The Kier molecular flexibility index (Phi) is 2.66. The van der Waals surface area contributed by atoms with Crippen molar-refractivity contribution in [2.45, 2.75) is 13.3 Å². The van der Waals surface area contributed by atoms with Crippen LogP contribution >= 0.6 is 0 Å². The predicted octanol–water partition coefficient (Wildman–Crippen LogP) is 1.54. The fraction of sp³-hybridized carbons (Fsp3) is 0.222. The zero-order valence-corrected chi connectivity index (χ0v) is 6.62. The van der Waals surface area contributed by atoms with Crippen LogP contribution < -0.4 is 5.84 Å². The Morgan fingerprint density at radius 3 is 2.45 bits per heavy atom. The summed E-state index contributed by atoms with van der Waals surface area (Å²) in [6.07, 6.45) is 2.71. The second kappa shape index (κ2) is 3.76. The SMILES string of the molecule is CCc1ccc(C=NN)cc1. The summed E-state index contributed by atoms with van der Waals surface area (Å²) in [5.41, 5.74) is 2.38. The number of benzene rings is 1. The first kappa shape index (κ1) is 7.79. The Morgan fingerprint density at radius 1 is 1.36 bits per heavy atom. The van der Waals surface area contributed by atoms with Crippen LogP contribution in [0, 0.1) is 0 Å². The standard InChI is InChI=1S/C9H12N2/c1-2-8-3-5-9(6-4-8)7-11-10/h3-7H,2,10H2,1H3. The lowest BCUT2D eigenvalue weighted by Gasteiger charge is -1.95. The van der Waals surface area contributed by atoms with E-state index in [0.29, 0.717) is 0 Å². The van der Waals surface area contributed by atoms with Gasteiger partial charge < -0.3 is 5.84 Å². The lowest BCUT2D eigenvalue weighted by atomic mass is 10.1.